The van der Waals surface area contributed by atoms with Gasteiger partial charge in [0.15, 0.2) is 0 Å². The van der Waals surface area contributed by atoms with Gasteiger partial charge < -0.3 is 10.2 Å². The van der Waals surface area contributed by atoms with E-state index in [1.165, 1.54) is 12.8 Å². The molecule has 0 aromatic rings. The summed E-state index contributed by atoms with van der Waals surface area (Å²) in [6.07, 6.45) is 2.37. The zero-order valence-corrected chi connectivity index (χ0v) is 7.55. The van der Waals surface area contributed by atoms with Crippen LogP contribution in [-0.2, 0) is 4.79 Å². The fraction of sp³-hybridized carbons (Fsp3) is 0.889. The highest BCUT2D eigenvalue weighted by atomic mass is 16.2. The summed E-state index contributed by atoms with van der Waals surface area (Å²) in [5.41, 5.74) is 0. The van der Waals surface area contributed by atoms with E-state index in [4.69, 9.17) is 0 Å². The first-order valence-electron chi connectivity index (χ1n) is 4.80. The lowest BCUT2D eigenvalue weighted by Crippen LogP contribution is -2.52. The Bertz CT molecular complexity index is 189. The van der Waals surface area contributed by atoms with E-state index < -0.39 is 0 Å². The Morgan fingerprint density at radius 1 is 1.50 bits per heavy atom. The van der Waals surface area contributed by atoms with Crippen LogP contribution in [-0.4, -0.2) is 36.5 Å². The van der Waals surface area contributed by atoms with E-state index in [2.05, 4.69) is 12.2 Å². The van der Waals surface area contributed by atoms with Crippen LogP contribution in [0.1, 0.15) is 19.8 Å². The van der Waals surface area contributed by atoms with Crippen LogP contribution in [0.3, 0.4) is 0 Å². The third-order valence-electron chi connectivity index (χ3n) is 2.97. The van der Waals surface area contributed by atoms with Crippen molar-refractivity contribution in [1.29, 1.82) is 0 Å². The fourth-order valence-electron chi connectivity index (χ4n) is 1.96. The molecule has 0 spiro atoms. The van der Waals surface area contributed by atoms with E-state index in [1.807, 2.05) is 4.90 Å². The summed E-state index contributed by atoms with van der Waals surface area (Å²) < 4.78 is 0. The fourth-order valence-corrected chi connectivity index (χ4v) is 1.96. The molecule has 0 saturated carbocycles. The summed E-state index contributed by atoms with van der Waals surface area (Å²) >= 11 is 0. The summed E-state index contributed by atoms with van der Waals surface area (Å²) in [6, 6.07) is 0.484. The molecule has 1 amide bonds. The minimum Gasteiger partial charge on any atom is -0.340 e. The van der Waals surface area contributed by atoms with Gasteiger partial charge >= 0.3 is 0 Å². The van der Waals surface area contributed by atoms with Crippen LogP contribution in [0.15, 0.2) is 0 Å². The van der Waals surface area contributed by atoms with Gasteiger partial charge in [-0.3, -0.25) is 4.79 Å². The van der Waals surface area contributed by atoms with Crippen LogP contribution < -0.4 is 5.32 Å². The first kappa shape index (κ1) is 8.05. The minimum absolute atomic E-state index is 0.283. The molecule has 1 unspecified atom stereocenters. The molecule has 3 heteroatoms. The third kappa shape index (κ3) is 1.22. The van der Waals surface area contributed by atoms with E-state index in [9.17, 15) is 4.79 Å². The van der Waals surface area contributed by atoms with Gasteiger partial charge in [-0.2, -0.15) is 0 Å². The molecule has 0 bridgehead atoms. The van der Waals surface area contributed by atoms with Crippen LogP contribution >= 0.6 is 0 Å². The number of amides is 1. The number of rotatable bonds is 1. The number of carbonyl (C=O) groups is 1. The zero-order chi connectivity index (χ0) is 8.55. The van der Waals surface area contributed by atoms with Gasteiger partial charge in [-0.05, 0) is 19.8 Å². The van der Waals surface area contributed by atoms with Crippen molar-refractivity contribution < 1.29 is 4.79 Å². The lowest BCUT2D eigenvalue weighted by atomic mass is 10.0. The van der Waals surface area contributed by atoms with Crippen LogP contribution in [0, 0.1) is 5.92 Å². The lowest BCUT2D eigenvalue weighted by Gasteiger charge is -2.32. The normalized spacial score (nSPS) is 30.4. The Morgan fingerprint density at radius 3 is 2.67 bits per heavy atom. The molecular weight excluding hydrogens is 152 g/mol. The quantitative estimate of drug-likeness (QED) is 0.607. The first-order valence-corrected chi connectivity index (χ1v) is 4.80. The average molecular weight is 168 g/mol. The van der Waals surface area contributed by atoms with Gasteiger partial charge in [0.1, 0.15) is 0 Å². The Balaban J connectivity index is 1.93. The lowest BCUT2D eigenvalue weighted by molar-refractivity contribution is -0.137. The zero-order valence-electron chi connectivity index (χ0n) is 7.55. The largest absolute Gasteiger partial charge is 0.340 e. The summed E-state index contributed by atoms with van der Waals surface area (Å²) in [7, 11) is 0. The van der Waals surface area contributed by atoms with Crippen molar-refractivity contribution in [2.45, 2.75) is 25.8 Å². The van der Waals surface area contributed by atoms with Crippen molar-refractivity contribution in [3.63, 3.8) is 0 Å². The van der Waals surface area contributed by atoms with E-state index >= 15 is 0 Å². The van der Waals surface area contributed by atoms with Crippen LogP contribution in [0.4, 0.5) is 0 Å². The second-order valence-electron chi connectivity index (χ2n) is 3.88. The van der Waals surface area contributed by atoms with E-state index in [0.717, 1.165) is 19.6 Å². The molecule has 2 heterocycles. The second-order valence-corrected chi connectivity index (χ2v) is 3.88. The molecule has 0 aliphatic carbocycles. The highest BCUT2D eigenvalue weighted by Crippen LogP contribution is 2.20. The van der Waals surface area contributed by atoms with Gasteiger partial charge in [-0.25, -0.2) is 0 Å². The molecule has 1 N–H and O–H groups in total. The van der Waals surface area contributed by atoms with E-state index in [1.54, 1.807) is 0 Å². The van der Waals surface area contributed by atoms with Crippen LogP contribution in [0.5, 0.6) is 0 Å². The molecule has 12 heavy (non-hydrogen) atoms. The molecule has 2 saturated heterocycles. The van der Waals surface area contributed by atoms with Crippen molar-refractivity contribution in [2.24, 2.45) is 5.92 Å². The first-order chi connectivity index (χ1) is 5.79. The predicted octanol–water partition coefficient (Wildman–Crippen LogP) is 0.217. The van der Waals surface area contributed by atoms with E-state index in [-0.39, 0.29) is 5.92 Å². The van der Waals surface area contributed by atoms with Gasteiger partial charge in [0, 0.05) is 25.7 Å². The average Bonchev–Trinajstić information content (AvgIpc) is 2.31. The topological polar surface area (TPSA) is 32.3 Å². The van der Waals surface area contributed by atoms with Crippen molar-refractivity contribution in [1.82, 2.24) is 10.2 Å². The maximum absolute atomic E-state index is 11.7. The standard InChI is InChI=1S/C9H16N2O/c1-7-3-2-4-11(7)9(12)8-5-10-6-8/h7-8,10H,2-6H2,1H3. The molecule has 0 aromatic carbocycles. The highest BCUT2D eigenvalue weighted by molar-refractivity contribution is 5.80. The summed E-state index contributed by atoms with van der Waals surface area (Å²) in [5, 5.41) is 3.13. The highest BCUT2D eigenvalue weighted by Gasteiger charge is 2.33. The van der Waals surface area contributed by atoms with Gasteiger partial charge in [-0.15, -0.1) is 0 Å². The molecule has 2 rings (SSSR count). The molecule has 2 aliphatic heterocycles. The van der Waals surface area contributed by atoms with Crippen LogP contribution in [0.25, 0.3) is 0 Å². The van der Waals surface area contributed by atoms with Gasteiger partial charge in [0.2, 0.25) is 5.91 Å². The van der Waals surface area contributed by atoms with E-state index in [0.29, 0.717) is 11.9 Å². The van der Waals surface area contributed by atoms with Gasteiger partial charge in [0.05, 0.1) is 5.92 Å². The van der Waals surface area contributed by atoms with Crippen molar-refractivity contribution in [3.05, 3.63) is 0 Å². The SMILES string of the molecule is CC1CCCN1C(=O)C1CNC1. The molecule has 68 valence electrons. The second kappa shape index (κ2) is 3.05. The van der Waals surface area contributed by atoms with Crippen molar-refractivity contribution >= 4 is 5.91 Å². The van der Waals surface area contributed by atoms with Gasteiger partial charge in [0.25, 0.3) is 0 Å². The Morgan fingerprint density at radius 2 is 2.25 bits per heavy atom. The Labute approximate surface area is 73.1 Å². The molecule has 2 aliphatic rings. The Kier molecular flexibility index (Phi) is 2.05. The molecule has 1 atom stereocenters. The number of likely N-dealkylation sites (tertiary alicyclic amines) is 1. The Hall–Kier alpha value is -0.570. The number of carbonyl (C=O) groups excluding carboxylic acids is 1. The monoisotopic (exact) mass is 168 g/mol. The summed E-state index contributed by atoms with van der Waals surface area (Å²) in [5.74, 6) is 0.657. The summed E-state index contributed by atoms with van der Waals surface area (Å²) in [4.78, 5) is 13.8. The number of nitrogens with one attached hydrogen (secondary N) is 1. The van der Waals surface area contributed by atoms with Crippen molar-refractivity contribution in [2.75, 3.05) is 19.6 Å². The predicted molar refractivity (Wildman–Crippen MR) is 46.8 cm³/mol. The summed E-state index contributed by atoms with van der Waals surface area (Å²) in [6.45, 7) is 4.91. The number of hydrogen-bond donors (Lipinski definition) is 1. The molecule has 2 fully saturated rings. The van der Waals surface area contributed by atoms with Crippen molar-refractivity contribution in [3.8, 4) is 0 Å². The molecule has 3 nitrogen and oxygen atoms in total. The maximum Gasteiger partial charge on any atom is 0.228 e. The minimum atomic E-state index is 0.283. The van der Waals surface area contributed by atoms with Crippen LogP contribution in [0.2, 0.25) is 0 Å². The number of hydrogen-bond acceptors (Lipinski definition) is 2. The maximum atomic E-state index is 11.7. The van der Waals surface area contributed by atoms with Gasteiger partial charge in [-0.1, -0.05) is 0 Å². The molecule has 0 radical (unpaired) electrons. The smallest absolute Gasteiger partial charge is 0.228 e. The third-order valence-corrected chi connectivity index (χ3v) is 2.97. The molecule has 0 aromatic heterocycles. The molecular formula is C9H16N2O. The number of nitrogens with zero attached hydrogens (tertiary/aromatic N) is 1.